The van der Waals surface area contributed by atoms with Crippen molar-refractivity contribution in [1.82, 2.24) is 9.97 Å². The Morgan fingerprint density at radius 1 is 1.17 bits per heavy atom. The first-order valence-electron chi connectivity index (χ1n) is 5.58. The van der Waals surface area contributed by atoms with Crippen LogP contribution >= 0.6 is 0 Å². The molecular formula is C13H14N4O. The first kappa shape index (κ1) is 12.2. The summed E-state index contributed by atoms with van der Waals surface area (Å²) in [5.41, 5.74) is 8.12. The Bertz CT molecular complexity index is 522. The molecule has 1 unspecified atom stereocenters. The smallest absolute Gasteiger partial charge is 0.240 e. The van der Waals surface area contributed by atoms with Crippen LogP contribution in [-0.4, -0.2) is 21.9 Å². The molecule has 0 fully saturated rings. The van der Waals surface area contributed by atoms with Gasteiger partial charge in [-0.05, 0) is 24.6 Å². The number of hydrogen-bond donors (Lipinski definition) is 2. The standard InChI is InChI=1S/C13H14N4O/c1-9(14)13(18)17-12-4-2-10(3-5-12)11-6-15-8-16-7-11/h2-9H,14H2,1H3,(H,17,18). The summed E-state index contributed by atoms with van der Waals surface area (Å²) in [7, 11) is 0. The minimum Gasteiger partial charge on any atom is -0.325 e. The largest absolute Gasteiger partial charge is 0.325 e. The van der Waals surface area contributed by atoms with E-state index in [1.54, 1.807) is 19.3 Å². The zero-order valence-electron chi connectivity index (χ0n) is 10.00. The number of anilines is 1. The molecule has 1 aromatic carbocycles. The van der Waals surface area contributed by atoms with Crippen molar-refractivity contribution in [3.8, 4) is 11.1 Å². The molecule has 1 aromatic heterocycles. The fourth-order valence-corrected chi connectivity index (χ4v) is 1.45. The Morgan fingerprint density at radius 3 is 2.33 bits per heavy atom. The number of carbonyl (C=O) groups is 1. The van der Waals surface area contributed by atoms with Crippen LogP contribution in [-0.2, 0) is 4.79 Å². The third kappa shape index (κ3) is 2.89. The van der Waals surface area contributed by atoms with Crippen LogP contribution in [0.25, 0.3) is 11.1 Å². The van der Waals surface area contributed by atoms with E-state index < -0.39 is 6.04 Å². The average molecular weight is 242 g/mol. The van der Waals surface area contributed by atoms with Crippen LogP contribution < -0.4 is 11.1 Å². The number of hydrogen-bond acceptors (Lipinski definition) is 4. The minimum absolute atomic E-state index is 0.203. The van der Waals surface area contributed by atoms with Gasteiger partial charge in [0.2, 0.25) is 5.91 Å². The summed E-state index contributed by atoms with van der Waals surface area (Å²) in [6.45, 7) is 1.64. The molecule has 92 valence electrons. The van der Waals surface area contributed by atoms with Gasteiger partial charge in [-0.15, -0.1) is 0 Å². The summed E-state index contributed by atoms with van der Waals surface area (Å²) in [5, 5.41) is 2.72. The van der Waals surface area contributed by atoms with Gasteiger partial charge in [0.15, 0.2) is 0 Å². The average Bonchev–Trinajstić information content (AvgIpc) is 2.40. The van der Waals surface area contributed by atoms with Crippen LogP contribution in [0.4, 0.5) is 5.69 Å². The zero-order valence-corrected chi connectivity index (χ0v) is 10.00. The van der Waals surface area contributed by atoms with Crippen LogP contribution in [0.15, 0.2) is 43.0 Å². The molecule has 0 spiro atoms. The van der Waals surface area contributed by atoms with E-state index in [2.05, 4.69) is 15.3 Å². The van der Waals surface area contributed by atoms with Crippen molar-refractivity contribution in [2.45, 2.75) is 13.0 Å². The lowest BCUT2D eigenvalue weighted by Gasteiger charge is -2.08. The normalized spacial score (nSPS) is 11.9. The van der Waals surface area contributed by atoms with E-state index in [1.165, 1.54) is 6.33 Å². The van der Waals surface area contributed by atoms with Crippen molar-refractivity contribution in [3.05, 3.63) is 43.0 Å². The molecule has 0 aliphatic heterocycles. The molecule has 0 saturated carbocycles. The number of amides is 1. The molecule has 0 bridgehead atoms. The van der Waals surface area contributed by atoms with E-state index in [0.29, 0.717) is 0 Å². The molecule has 18 heavy (non-hydrogen) atoms. The summed E-state index contributed by atoms with van der Waals surface area (Å²) in [6, 6.07) is 6.92. The topological polar surface area (TPSA) is 80.9 Å². The first-order valence-corrected chi connectivity index (χ1v) is 5.58. The van der Waals surface area contributed by atoms with Crippen LogP contribution in [0.5, 0.6) is 0 Å². The highest BCUT2D eigenvalue weighted by molar-refractivity contribution is 5.94. The maximum Gasteiger partial charge on any atom is 0.240 e. The molecule has 2 aromatic rings. The monoisotopic (exact) mass is 242 g/mol. The van der Waals surface area contributed by atoms with E-state index >= 15 is 0 Å². The van der Waals surface area contributed by atoms with Gasteiger partial charge < -0.3 is 11.1 Å². The van der Waals surface area contributed by atoms with Crippen LogP contribution in [0.3, 0.4) is 0 Å². The van der Waals surface area contributed by atoms with Crippen LogP contribution in [0.1, 0.15) is 6.92 Å². The van der Waals surface area contributed by atoms with Gasteiger partial charge in [0, 0.05) is 23.6 Å². The molecule has 0 aliphatic carbocycles. The Hall–Kier alpha value is -2.27. The highest BCUT2D eigenvalue weighted by Gasteiger charge is 2.07. The predicted molar refractivity (Wildman–Crippen MR) is 69.7 cm³/mol. The molecule has 1 atom stereocenters. The number of nitrogens with zero attached hydrogens (tertiary/aromatic N) is 2. The quantitative estimate of drug-likeness (QED) is 0.853. The minimum atomic E-state index is -0.521. The molecule has 3 N–H and O–H groups in total. The van der Waals surface area contributed by atoms with E-state index in [1.807, 2.05) is 24.3 Å². The summed E-state index contributed by atoms with van der Waals surface area (Å²) in [4.78, 5) is 19.3. The van der Waals surface area contributed by atoms with Gasteiger partial charge in [-0.25, -0.2) is 9.97 Å². The van der Waals surface area contributed by atoms with Crippen LogP contribution in [0.2, 0.25) is 0 Å². The lowest BCUT2D eigenvalue weighted by molar-refractivity contribution is -0.117. The summed E-state index contributed by atoms with van der Waals surface area (Å²) in [6.07, 6.45) is 4.96. The van der Waals surface area contributed by atoms with Gasteiger partial charge in [0.1, 0.15) is 6.33 Å². The fraction of sp³-hybridized carbons (Fsp3) is 0.154. The lowest BCUT2D eigenvalue weighted by Crippen LogP contribution is -2.32. The van der Waals surface area contributed by atoms with Crippen molar-refractivity contribution in [2.75, 3.05) is 5.32 Å². The molecule has 5 nitrogen and oxygen atoms in total. The summed E-state index contributed by atoms with van der Waals surface area (Å²) < 4.78 is 0. The number of nitrogens with two attached hydrogens (primary N) is 1. The Morgan fingerprint density at radius 2 is 1.78 bits per heavy atom. The third-order valence-electron chi connectivity index (χ3n) is 2.46. The molecule has 0 aliphatic rings. The predicted octanol–water partition coefficient (Wildman–Crippen LogP) is 1.43. The van der Waals surface area contributed by atoms with Crippen molar-refractivity contribution in [1.29, 1.82) is 0 Å². The number of benzene rings is 1. The Labute approximate surface area is 105 Å². The summed E-state index contributed by atoms with van der Waals surface area (Å²) in [5.74, 6) is -0.203. The maximum absolute atomic E-state index is 11.4. The van der Waals surface area contributed by atoms with E-state index in [4.69, 9.17) is 5.73 Å². The third-order valence-corrected chi connectivity index (χ3v) is 2.46. The van der Waals surface area contributed by atoms with Crippen molar-refractivity contribution < 1.29 is 4.79 Å². The molecular weight excluding hydrogens is 228 g/mol. The second-order valence-corrected chi connectivity index (χ2v) is 3.98. The first-order chi connectivity index (χ1) is 8.66. The second-order valence-electron chi connectivity index (χ2n) is 3.98. The van der Waals surface area contributed by atoms with E-state index in [-0.39, 0.29) is 5.91 Å². The fourth-order valence-electron chi connectivity index (χ4n) is 1.45. The maximum atomic E-state index is 11.4. The van der Waals surface area contributed by atoms with Gasteiger partial charge in [-0.2, -0.15) is 0 Å². The number of aromatic nitrogens is 2. The van der Waals surface area contributed by atoms with Crippen molar-refractivity contribution in [2.24, 2.45) is 5.73 Å². The number of carbonyl (C=O) groups excluding carboxylic acids is 1. The van der Waals surface area contributed by atoms with Gasteiger partial charge in [-0.3, -0.25) is 4.79 Å². The lowest BCUT2D eigenvalue weighted by atomic mass is 10.1. The van der Waals surface area contributed by atoms with Gasteiger partial charge in [0.25, 0.3) is 0 Å². The second kappa shape index (κ2) is 5.37. The van der Waals surface area contributed by atoms with Gasteiger partial charge >= 0.3 is 0 Å². The molecule has 0 saturated heterocycles. The Kier molecular flexibility index (Phi) is 3.64. The molecule has 0 radical (unpaired) electrons. The van der Waals surface area contributed by atoms with Gasteiger partial charge in [0.05, 0.1) is 6.04 Å². The highest BCUT2D eigenvalue weighted by atomic mass is 16.2. The van der Waals surface area contributed by atoms with Crippen molar-refractivity contribution >= 4 is 11.6 Å². The molecule has 1 amide bonds. The summed E-state index contributed by atoms with van der Waals surface area (Å²) >= 11 is 0. The van der Waals surface area contributed by atoms with Gasteiger partial charge in [-0.1, -0.05) is 12.1 Å². The van der Waals surface area contributed by atoms with E-state index in [0.717, 1.165) is 16.8 Å². The Balaban J connectivity index is 2.13. The molecule has 1 heterocycles. The molecule has 5 heteroatoms. The van der Waals surface area contributed by atoms with Crippen molar-refractivity contribution in [3.63, 3.8) is 0 Å². The SMILES string of the molecule is CC(N)C(=O)Nc1ccc(-c2cncnc2)cc1. The zero-order chi connectivity index (χ0) is 13.0. The number of rotatable bonds is 3. The molecule has 2 rings (SSSR count). The van der Waals surface area contributed by atoms with Crippen LogP contribution in [0, 0.1) is 0 Å². The van der Waals surface area contributed by atoms with E-state index in [9.17, 15) is 4.79 Å². The number of nitrogens with one attached hydrogen (secondary N) is 1. The highest BCUT2D eigenvalue weighted by Crippen LogP contribution is 2.19.